The van der Waals surface area contributed by atoms with E-state index in [1.54, 1.807) is 24.3 Å². The van der Waals surface area contributed by atoms with Crippen molar-refractivity contribution >= 4 is 10.8 Å². The average molecular weight is 337 g/mol. The molecule has 0 atom stereocenters. The number of benzene rings is 3. The quantitative estimate of drug-likeness (QED) is 0.524. The first kappa shape index (κ1) is 14.9. The van der Waals surface area contributed by atoms with Gasteiger partial charge in [-0.3, -0.25) is 0 Å². The number of halogens is 1. The van der Waals surface area contributed by atoms with Crippen LogP contribution in [0, 0.1) is 5.82 Å². The molecule has 0 bridgehead atoms. The van der Waals surface area contributed by atoms with Crippen molar-refractivity contribution in [2.75, 3.05) is 0 Å². The zero-order chi connectivity index (χ0) is 17.6. The fourth-order valence-corrected chi connectivity index (χ4v) is 2.83. The molecule has 4 rings (SSSR count). The molecule has 0 aliphatic carbocycles. The molecule has 0 radical (unpaired) electrons. The van der Waals surface area contributed by atoms with Crippen molar-refractivity contribution < 1.29 is 14.6 Å². The highest BCUT2D eigenvalue weighted by atomic mass is 19.1. The van der Waals surface area contributed by atoms with Gasteiger partial charge in [0.2, 0.25) is 0 Å². The van der Waals surface area contributed by atoms with Crippen molar-refractivity contribution in [1.29, 1.82) is 0 Å². The SMILES string of the molecule is O=c1[nH]nc(-c2ccc(O)cc2O)n1-c1cccc2ccc(F)cc12. The summed E-state index contributed by atoms with van der Waals surface area (Å²) in [5.74, 6) is -0.616. The molecule has 7 heteroatoms. The number of H-pyrrole nitrogens is 1. The number of rotatable bonds is 2. The van der Waals surface area contributed by atoms with E-state index in [4.69, 9.17) is 0 Å². The highest BCUT2D eigenvalue weighted by Crippen LogP contribution is 2.32. The lowest BCUT2D eigenvalue weighted by Crippen LogP contribution is -2.16. The largest absolute Gasteiger partial charge is 0.508 e. The summed E-state index contributed by atoms with van der Waals surface area (Å²) in [4.78, 5) is 12.3. The zero-order valence-corrected chi connectivity index (χ0v) is 12.8. The number of hydrogen-bond donors (Lipinski definition) is 3. The predicted molar refractivity (Wildman–Crippen MR) is 90.4 cm³/mol. The fraction of sp³-hybridized carbons (Fsp3) is 0. The van der Waals surface area contributed by atoms with E-state index in [0.29, 0.717) is 11.1 Å². The van der Waals surface area contributed by atoms with Crippen LogP contribution < -0.4 is 5.69 Å². The zero-order valence-electron chi connectivity index (χ0n) is 12.8. The van der Waals surface area contributed by atoms with E-state index in [1.165, 1.54) is 28.8 Å². The molecule has 1 heterocycles. The maximum Gasteiger partial charge on any atom is 0.348 e. The topological polar surface area (TPSA) is 91.1 Å². The number of aromatic hydroxyl groups is 2. The van der Waals surface area contributed by atoms with Crippen LogP contribution in [0.1, 0.15) is 0 Å². The third kappa shape index (κ3) is 2.42. The van der Waals surface area contributed by atoms with Crippen molar-refractivity contribution in [2.24, 2.45) is 0 Å². The van der Waals surface area contributed by atoms with Gasteiger partial charge in [0.1, 0.15) is 17.3 Å². The lowest BCUT2D eigenvalue weighted by molar-refractivity contribution is 0.451. The van der Waals surface area contributed by atoms with Crippen LogP contribution >= 0.6 is 0 Å². The second kappa shape index (κ2) is 5.48. The summed E-state index contributed by atoms with van der Waals surface area (Å²) in [5.41, 5.74) is 0.155. The molecule has 124 valence electrons. The van der Waals surface area contributed by atoms with E-state index >= 15 is 0 Å². The smallest absolute Gasteiger partial charge is 0.348 e. The minimum Gasteiger partial charge on any atom is -0.508 e. The Morgan fingerprint density at radius 1 is 1.04 bits per heavy atom. The minimum atomic E-state index is -0.528. The standard InChI is InChI=1S/C18H12FN3O3/c19-11-5-4-10-2-1-3-15(14(10)8-11)22-17(20-21-18(22)25)13-7-6-12(23)9-16(13)24/h1-9,23-24H,(H,21,25). The second-order valence-electron chi connectivity index (χ2n) is 5.53. The molecular weight excluding hydrogens is 325 g/mol. The number of hydrogen-bond acceptors (Lipinski definition) is 4. The van der Waals surface area contributed by atoms with Crippen LogP contribution in [-0.2, 0) is 0 Å². The van der Waals surface area contributed by atoms with E-state index in [1.807, 2.05) is 0 Å². The third-order valence-corrected chi connectivity index (χ3v) is 3.96. The lowest BCUT2D eigenvalue weighted by Gasteiger charge is -2.10. The van der Waals surface area contributed by atoms with Gasteiger partial charge in [-0.1, -0.05) is 18.2 Å². The Hall–Kier alpha value is -3.61. The van der Waals surface area contributed by atoms with E-state index in [-0.39, 0.29) is 22.9 Å². The molecular formula is C18H12FN3O3. The molecule has 0 unspecified atom stereocenters. The Bertz CT molecular complexity index is 1160. The Kier molecular flexibility index (Phi) is 3.28. The van der Waals surface area contributed by atoms with Gasteiger partial charge in [-0.15, -0.1) is 0 Å². The van der Waals surface area contributed by atoms with Crippen LogP contribution in [0.5, 0.6) is 11.5 Å². The number of phenols is 2. The van der Waals surface area contributed by atoms with Crippen LogP contribution in [0.3, 0.4) is 0 Å². The van der Waals surface area contributed by atoms with Crippen molar-refractivity contribution in [3.05, 3.63) is 70.9 Å². The predicted octanol–water partition coefficient (Wildman–Crippen LogP) is 2.93. The van der Waals surface area contributed by atoms with Crippen molar-refractivity contribution in [3.8, 4) is 28.6 Å². The van der Waals surface area contributed by atoms with Gasteiger partial charge in [-0.25, -0.2) is 18.9 Å². The third-order valence-electron chi connectivity index (χ3n) is 3.96. The molecule has 1 aromatic heterocycles. The lowest BCUT2D eigenvalue weighted by atomic mass is 10.1. The summed E-state index contributed by atoms with van der Waals surface area (Å²) in [6, 6.07) is 13.5. The molecule has 0 aliphatic rings. The number of phenolic OH excluding ortho intramolecular Hbond substituents is 2. The molecule has 3 N–H and O–H groups in total. The van der Waals surface area contributed by atoms with Gasteiger partial charge in [-0.05, 0) is 35.7 Å². The summed E-state index contributed by atoms with van der Waals surface area (Å²) in [7, 11) is 0. The number of aromatic nitrogens is 3. The maximum atomic E-state index is 13.7. The average Bonchev–Trinajstić information content (AvgIpc) is 2.95. The first-order valence-corrected chi connectivity index (χ1v) is 7.43. The van der Waals surface area contributed by atoms with Crippen LogP contribution in [0.2, 0.25) is 0 Å². The maximum absolute atomic E-state index is 13.7. The van der Waals surface area contributed by atoms with Crippen LogP contribution in [0.25, 0.3) is 27.8 Å². The van der Waals surface area contributed by atoms with Gasteiger partial charge in [0.25, 0.3) is 0 Å². The highest BCUT2D eigenvalue weighted by molar-refractivity contribution is 5.91. The molecule has 0 spiro atoms. The molecule has 0 fully saturated rings. The number of nitrogens with one attached hydrogen (secondary N) is 1. The molecule has 0 amide bonds. The molecule has 6 nitrogen and oxygen atoms in total. The van der Waals surface area contributed by atoms with Gasteiger partial charge in [0.15, 0.2) is 5.82 Å². The molecule has 0 saturated carbocycles. The summed E-state index contributed by atoms with van der Waals surface area (Å²) < 4.78 is 15.0. The molecule has 25 heavy (non-hydrogen) atoms. The Morgan fingerprint density at radius 2 is 1.88 bits per heavy atom. The number of aromatic amines is 1. The van der Waals surface area contributed by atoms with Crippen molar-refractivity contribution in [2.45, 2.75) is 0 Å². The van der Waals surface area contributed by atoms with E-state index in [0.717, 1.165) is 11.5 Å². The molecule has 3 aromatic carbocycles. The van der Waals surface area contributed by atoms with Gasteiger partial charge in [0.05, 0.1) is 11.3 Å². The van der Waals surface area contributed by atoms with E-state index in [2.05, 4.69) is 10.2 Å². The van der Waals surface area contributed by atoms with E-state index in [9.17, 15) is 19.4 Å². The van der Waals surface area contributed by atoms with Gasteiger partial charge in [0, 0.05) is 11.5 Å². The Morgan fingerprint density at radius 3 is 2.68 bits per heavy atom. The van der Waals surface area contributed by atoms with Gasteiger partial charge in [-0.2, -0.15) is 5.10 Å². The summed E-state index contributed by atoms with van der Waals surface area (Å²) in [6.45, 7) is 0. The van der Waals surface area contributed by atoms with Crippen molar-refractivity contribution in [1.82, 2.24) is 14.8 Å². The molecule has 0 saturated heterocycles. The Balaban J connectivity index is 2.04. The normalized spacial score (nSPS) is 11.1. The molecule has 4 aromatic rings. The first-order chi connectivity index (χ1) is 12.0. The van der Waals surface area contributed by atoms with Crippen LogP contribution in [0.15, 0.2) is 59.4 Å². The summed E-state index contributed by atoms with van der Waals surface area (Å²) in [6.07, 6.45) is 0. The number of nitrogens with zero attached hydrogens (tertiary/aromatic N) is 2. The minimum absolute atomic E-state index is 0.113. The Labute approximate surface area is 140 Å². The summed E-state index contributed by atoms with van der Waals surface area (Å²) >= 11 is 0. The van der Waals surface area contributed by atoms with Gasteiger partial charge < -0.3 is 10.2 Å². The fourth-order valence-electron chi connectivity index (χ4n) is 2.83. The van der Waals surface area contributed by atoms with Crippen LogP contribution in [-0.4, -0.2) is 25.0 Å². The monoisotopic (exact) mass is 337 g/mol. The molecule has 0 aliphatic heterocycles. The van der Waals surface area contributed by atoms with E-state index < -0.39 is 11.5 Å². The highest BCUT2D eigenvalue weighted by Gasteiger charge is 2.18. The summed E-state index contributed by atoms with van der Waals surface area (Å²) in [5, 5.41) is 27.2. The van der Waals surface area contributed by atoms with Gasteiger partial charge >= 0.3 is 5.69 Å². The van der Waals surface area contributed by atoms with Crippen molar-refractivity contribution in [3.63, 3.8) is 0 Å². The van der Waals surface area contributed by atoms with Crippen LogP contribution in [0.4, 0.5) is 4.39 Å². The first-order valence-electron chi connectivity index (χ1n) is 7.43. The number of fused-ring (bicyclic) bond motifs is 1. The second-order valence-corrected chi connectivity index (χ2v) is 5.53.